The van der Waals surface area contributed by atoms with Gasteiger partial charge in [0.2, 0.25) is 0 Å². The molecule has 76 valence electrons. The Kier molecular flexibility index (Phi) is 3.51. The van der Waals surface area contributed by atoms with E-state index in [0.717, 1.165) is 0 Å². The maximum absolute atomic E-state index is 13.1. The van der Waals surface area contributed by atoms with Crippen molar-refractivity contribution in [1.29, 1.82) is 0 Å². The topological polar surface area (TPSA) is 17.1 Å². The summed E-state index contributed by atoms with van der Waals surface area (Å²) >= 11 is 11.4. The first-order chi connectivity index (χ1) is 6.43. The lowest BCUT2D eigenvalue weighted by Crippen LogP contribution is -2.05. The fourth-order valence-corrected chi connectivity index (χ4v) is 1.64. The summed E-state index contributed by atoms with van der Waals surface area (Å²) in [6.07, 6.45) is 0. The van der Waals surface area contributed by atoms with Gasteiger partial charge in [0.05, 0.1) is 5.02 Å². The molecule has 0 aromatic heterocycles. The van der Waals surface area contributed by atoms with Gasteiger partial charge in [-0.1, -0.05) is 30.1 Å². The van der Waals surface area contributed by atoms with Crippen molar-refractivity contribution in [2.45, 2.75) is 19.8 Å². The molecule has 4 heteroatoms. The molecule has 1 unspecified atom stereocenters. The van der Waals surface area contributed by atoms with E-state index in [2.05, 4.69) is 0 Å². The van der Waals surface area contributed by atoms with Crippen molar-refractivity contribution in [2.24, 2.45) is 0 Å². The SMILES string of the molecule is CC(=O)C(C)c1cc(F)c(Cl)cc1Cl. The highest BCUT2D eigenvalue weighted by Crippen LogP contribution is 2.29. The van der Waals surface area contributed by atoms with Crippen molar-refractivity contribution in [1.82, 2.24) is 0 Å². The zero-order valence-corrected chi connectivity index (χ0v) is 9.29. The third-order valence-electron chi connectivity index (χ3n) is 2.12. The number of carbonyl (C=O) groups is 1. The zero-order chi connectivity index (χ0) is 10.9. The molecular weight excluding hydrogens is 226 g/mol. The lowest BCUT2D eigenvalue weighted by molar-refractivity contribution is -0.118. The third kappa shape index (κ3) is 2.25. The maximum atomic E-state index is 13.1. The molecule has 14 heavy (non-hydrogen) atoms. The Morgan fingerprint density at radius 1 is 1.36 bits per heavy atom. The molecule has 0 saturated carbocycles. The minimum atomic E-state index is -0.556. The van der Waals surface area contributed by atoms with Crippen LogP contribution in [0.5, 0.6) is 0 Å². The second-order valence-corrected chi connectivity index (χ2v) is 3.93. The van der Waals surface area contributed by atoms with Gasteiger partial charge in [-0.2, -0.15) is 0 Å². The van der Waals surface area contributed by atoms with Gasteiger partial charge >= 0.3 is 0 Å². The predicted molar refractivity (Wildman–Crippen MR) is 55.5 cm³/mol. The highest BCUT2D eigenvalue weighted by Gasteiger charge is 2.16. The van der Waals surface area contributed by atoms with Gasteiger partial charge in [0.25, 0.3) is 0 Å². The fourth-order valence-electron chi connectivity index (χ4n) is 1.09. The second kappa shape index (κ2) is 4.28. The van der Waals surface area contributed by atoms with Crippen LogP contribution in [0.1, 0.15) is 25.3 Å². The van der Waals surface area contributed by atoms with Gasteiger partial charge in [-0.05, 0) is 24.6 Å². The molecule has 0 N–H and O–H groups in total. The Morgan fingerprint density at radius 3 is 2.43 bits per heavy atom. The Morgan fingerprint density at radius 2 is 1.93 bits per heavy atom. The molecule has 1 aromatic rings. The van der Waals surface area contributed by atoms with Gasteiger partial charge in [0, 0.05) is 10.9 Å². The Balaban J connectivity index is 3.22. The molecule has 0 aliphatic rings. The summed E-state index contributed by atoms with van der Waals surface area (Å²) < 4.78 is 13.1. The van der Waals surface area contributed by atoms with E-state index < -0.39 is 11.7 Å². The van der Waals surface area contributed by atoms with Crippen LogP contribution in [0.2, 0.25) is 10.0 Å². The smallest absolute Gasteiger partial charge is 0.142 e. The third-order valence-corrected chi connectivity index (χ3v) is 2.73. The summed E-state index contributed by atoms with van der Waals surface area (Å²) in [6, 6.07) is 2.52. The Bertz CT molecular complexity index is 377. The summed E-state index contributed by atoms with van der Waals surface area (Å²) in [4.78, 5) is 11.1. The summed E-state index contributed by atoms with van der Waals surface area (Å²) in [5, 5.41) is 0.286. The van der Waals surface area contributed by atoms with E-state index >= 15 is 0 Å². The molecule has 0 amide bonds. The number of carbonyl (C=O) groups excluding carboxylic acids is 1. The van der Waals surface area contributed by atoms with Crippen LogP contribution in [0.25, 0.3) is 0 Å². The second-order valence-electron chi connectivity index (χ2n) is 3.12. The van der Waals surface area contributed by atoms with E-state index in [1.165, 1.54) is 19.1 Å². The average Bonchev–Trinajstić information content (AvgIpc) is 2.10. The molecule has 0 radical (unpaired) electrons. The minimum Gasteiger partial charge on any atom is -0.299 e. The zero-order valence-electron chi connectivity index (χ0n) is 7.77. The highest BCUT2D eigenvalue weighted by molar-refractivity contribution is 6.35. The fraction of sp³-hybridized carbons (Fsp3) is 0.300. The average molecular weight is 235 g/mol. The van der Waals surface area contributed by atoms with E-state index in [0.29, 0.717) is 10.6 Å². The lowest BCUT2D eigenvalue weighted by Gasteiger charge is -2.10. The number of Topliss-reactive ketones (excluding diaryl/α,β-unsaturated/α-hetero) is 1. The number of halogens is 3. The number of hydrogen-bond donors (Lipinski definition) is 0. The van der Waals surface area contributed by atoms with Crippen LogP contribution < -0.4 is 0 Å². The standard InChI is InChI=1S/C10H9Cl2FO/c1-5(6(2)14)7-3-10(13)9(12)4-8(7)11/h3-5H,1-2H3. The molecule has 0 bridgehead atoms. The highest BCUT2D eigenvalue weighted by atomic mass is 35.5. The van der Waals surface area contributed by atoms with Gasteiger partial charge in [-0.3, -0.25) is 4.79 Å². The number of benzene rings is 1. The molecule has 0 saturated heterocycles. The summed E-state index contributed by atoms with van der Waals surface area (Å²) in [5.41, 5.74) is 0.473. The van der Waals surface area contributed by atoms with E-state index in [9.17, 15) is 9.18 Å². The quantitative estimate of drug-likeness (QED) is 0.712. The maximum Gasteiger partial charge on any atom is 0.142 e. The molecule has 0 fully saturated rings. The molecule has 0 heterocycles. The monoisotopic (exact) mass is 234 g/mol. The Hall–Kier alpha value is -0.600. The van der Waals surface area contributed by atoms with Crippen molar-refractivity contribution in [2.75, 3.05) is 0 Å². The number of rotatable bonds is 2. The van der Waals surface area contributed by atoms with E-state index in [1.807, 2.05) is 0 Å². The summed E-state index contributed by atoms with van der Waals surface area (Å²) in [5.74, 6) is -1.03. The van der Waals surface area contributed by atoms with Gasteiger partial charge in [0.1, 0.15) is 11.6 Å². The van der Waals surface area contributed by atoms with Gasteiger partial charge in [0.15, 0.2) is 0 Å². The number of hydrogen-bond acceptors (Lipinski definition) is 1. The van der Waals surface area contributed by atoms with Gasteiger partial charge in [-0.25, -0.2) is 4.39 Å². The van der Waals surface area contributed by atoms with Crippen LogP contribution >= 0.6 is 23.2 Å². The van der Waals surface area contributed by atoms with Crippen molar-refractivity contribution >= 4 is 29.0 Å². The van der Waals surface area contributed by atoms with E-state index in [1.54, 1.807) is 6.92 Å². The molecule has 0 aliphatic carbocycles. The van der Waals surface area contributed by atoms with Gasteiger partial charge in [-0.15, -0.1) is 0 Å². The molecule has 1 atom stereocenters. The Labute approximate surface area is 91.8 Å². The van der Waals surface area contributed by atoms with Crippen LogP contribution in [0.15, 0.2) is 12.1 Å². The summed E-state index contributed by atoms with van der Waals surface area (Å²) in [6.45, 7) is 3.12. The van der Waals surface area contributed by atoms with Crippen molar-refractivity contribution in [3.63, 3.8) is 0 Å². The van der Waals surface area contributed by atoms with E-state index in [-0.39, 0.29) is 10.8 Å². The molecule has 1 rings (SSSR count). The van der Waals surface area contributed by atoms with Crippen LogP contribution in [0.4, 0.5) is 4.39 Å². The first-order valence-corrected chi connectivity index (χ1v) is 4.84. The van der Waals surface area contributed by atoms with Crippen LogP contribution in [-0.2, 0) is 4.79 Å². The first-order valence-electron chi connectivity index (χ1n) is 4.08. The molecular formula is C10H9Cl2FO. The largest absolute Gasteiger partial charge is 0.299 e. The summed E-state index contributed by atoms with van der Waals surface area (Å²) in [7, 11) is 0. The van der Waals surface area contributed by atoms with Crippen LogP contribution in [-0.4, -0.2) is 5.78 Å². The van der Waals surface area contributed by atoms with Crippen LogP contribution in [0, 0.1) is 5.82 Å². The van der Waals surface area contributed by atoms with Crippen LogP contribution in [0.3, 0.4) is 0 Å². The minimum absolute atomic E-state index is 0.0329. The predicted octanol–water partition coefficient (Wildman–Crippen LogP) is 3.83. The molecule has 0 aliphatic heterocycles. The van der Waals surface area contributed by atoms with Crippen molar-refractivity contribution in [3.05, 3.63) is 33.6 Å². The lowest BCUT2D eigenvalue weighted by atomic mass is 9.97. The normalized spacial score (nSPS) is 12.6. The van der Waals surface area contributed by atoms with Gasteiger partial charge < -0.3 is 0 Å². The van der Waals surface area contributed by atoms with Crippen molar-refractivity contribution < 1.29 is 9.18 Å². The van der Waals surface area contributed by atoms with Crippen molar-refractivity contribution in [3.8, 4) is 0 Å². The number of ketones is 1. The molecule has 1 aromatic carbocycles. The molecule has 0 spiro atoms. The first kappa shape index (κ1) is 11.5. The van der Waals surface area contributed by atoms with E-state index in [4.69, 9.17) is 23.2 Å². The molecule has 1 nitrogen and oxygen atoms in total.